The lowest BCUT2D eigenvalue weighted by molar-refractivity contribution is -0.134. The van der Waals surface area contributed by atoms with Gasteiger partial charge in [-0.2, -0.15) is 0 Å². The van der Waals surface area contributed by atoms with E-state index in [9.17, 15) is 24.3 Å². The summed E-state index contributed by atoms with van der Waals surface area (Å²) in [6, 6.07) is 33.2. The topological polar surface area (TPSA) is 158 Å². The summed E-state index contributed by atoms with van der Waals surface area (Å²) in [5.41, 5.74) is 3.38. The average Bonchev–Trinajstić information content (AvgIpc) is 3.18. The fraction of sp³-hybridized carbons (Fsp3) is 0.349. The van der Waals surface area contributed by atoms with E-state index in [4.69, 9.17) is 4.74 Å². The van der Waals surface area contributed by atoms with E-state index in [2.05, 4.69) is 26.6 Å². The molecule has 0 radical (unpaired) electrons. The number of ether oxygens (including phenoxy) is 1. The van der Waals surface area contributed by atoms with Gasteiger partial charge in [0.25, 0.3) is 0 Å². The molecule has 286 valence electrons. The van der Waals surface area contributed by atoms with E-state index in [1.54, 1.807) is 13.8 Å². The van der Waals surface area contributed by atoms with E-state index in [0.29, 0.717) is 0 Å². The van der Waals surface area contributed by atoms with Crippen LogP contribution in [0.2, 0.25) is 0 Å². The molecule has 5 atom stereocenters. The second-order valence-corrected chi connectivity index (χ2v) is 14.0. The first-order chi connectivity index (χ1) is 26.0. The summed E-state index contributed by atoms with van der Waals surface area (Å²) in [6.07, 6.45) is -2.07. The molecule has 0 unspecified atom stereocenters. The van der Waals surface area contributed by atoms with Crippen molar-refractivity contribution < 1.29 is 29.0 Å². The van der Waals surface area contributed by atoms with Crippen LogP contribution in [0, 0.1) is 11.8 Å². The van der Waals surface area contributed by atoms with Crippen LogP contribution >= 0.6 is 0 Å². The number of hydrogen-bond donors (Lipinski definition) is 6. The standard InChI is InChI=1S/C43H53N5O6/c1-29(2)36(40(50)45-27-33-21-13-7-14-22-33)47-42(52)38(44-26-32-19-11-6-12-20-32)39(49)35(25-31-17-9-5-10-18-31)46-41(51)37(30(3)4)48-43(53)54-28-34-23-15-8-16-24-34/h5-24,29-30,35-39,44,49H,25-28H2,1-4H3,(H,45,50)(H,46,51)(H,47,52)(H,48,53)/t35-,36-,37-,38+,39-/m0/s1. The molecule has 11 nitrogen and oxygen atoms in total. The lowest BCUT2D eigenvalue weighted by atomic mass is 9.93. The van der Waals surface area contributed by atoms with E-state index >= 15 is 0 Å². The molecule has 0 aromatic heterocycles. The van der Waals surface area contributed by atoms with Crippen molar-refractivity contribution in [3.8, 4) is 0 Å². The highest BCUT2D eigenvalue weighted by Crippen LogP contribution is 2.14. The van der Waals surface area contributed by atoms with E-state index in [1.807, 2.05) is 135 Å². The second kappa shape index (κ2) is 21.2. The Morgan fingerprint density at radius 2 is 0.981 bits per heavy atom. The van der Waals surface area contributed by atoms with Crippen molar-refractivity contribution in [2.45, 2.75) is 84.1 Å². The van der Waals surface area contributed by atoms with E-state index in [1.165, 1.54) is 0 Å². The van der Waals surface area contributed by atoms with Crippen LogP contribution < -0.4 is 26.6 Å². The van der Waals surface area contributed by atoms with Crippen molar-refractivity contribution in [1.82, 2.24) is 26.6 Å². The zero-order chi connectivity index (χ0) is 38.9. The van der Waals surface area contributed by atoms with Gasteiger partial charge in [-0.1, -0.05) is 149 Å². The van der Waals surface area contributed by atoms with Crippen molar-refractivity contribution in [3.63, 3.8) is 0 Å². The predicted octanol–water partition coefficient (Wildman–Crippen LogP) is 4.64. The van der Waals surface area contributed by atoms with Gasteiger partial charge in [0.05, 0.1) is 12.1 Å². The van der Waals surface area contributed by atoms with Gasteiger partial charge in [-0.25, -0.2) is 4.79 Å². The molecule has 0 saturated carbocycles. The Kier molecular flexibility index (Phi) is 16.2. The molecule has 0 spiro atoms. The van der Waals surface area contributed by atoms with Crippen LogP contribution in [0.1, 0.15) is 49.9 Å². The second-order valence-electron chi connectivity index (χ2n) is 14.0. The van der Waals surface area contributed by atoms with Crippen LogP contribution in [-0.4, -0.2) is 59.2 Å². The van der Waals surface area contributed by atoms with Gasteiger partial charge >= 0.3 is 6.09 Å². The van der Waals surface area contributed by atoms with Crippen molar-refractivity contribution in [1.29, 1.82) is 0 Å². The van der Waals surface area contributed by atoms with Crippen molar-refractivity contribution in [2.24, 2.45) is 11.8 Å². The summed E-state index contributed by atoms with van der Waals surface area (Å²) in [4.78, 5) is 54.4. The van der Waals surface area contributed by atoms with E-state index in [0.717, 1.165) is 22.3 Å². The molecule has 0 bridgehead atoms. The summed E-state index contributed by atoms with van der Waals surface area (Å²) in [6.45, 7) is 7.77. The Balaban J connectivity index is 1.56. The van der Waals surface area contributed by atoms with Crippen LogP contribution in [0.5, 0.6) is 0 Å². The Morgan fingerprint density at radius 3 is 1.50 bits per heavy atom. The predicted molar refractivity (Wildman–Crippen MR) is 209 cm³/mol. The first-order valence-electron chi connectivity index (χ1n) is 18.4. The number of nitrogens with one attached hydrogen (secondary N) is 5. The lowest BCUT2D eigenvalue weighted by Gasteiger charge is -2.33. The van der Waals surface area contributed by atoms with Crippen LogP contribution in [0.25, 0.3) is 0 Å². The average molecular weight is 736 g/mol. The van der Waals surface area contributed by atoms with Crippen LogP contribution in [0.15, 0.2) is 121 Å². The molecule has 4 amide bonds. The summed E-state index contributed by atoms with van der Waals surface area (Å²) >= 11 is 0. The van der Waals surface area contributed by atoms with Gasteiger partial charge in [-0.3, -0.25) is 19.7 Å². The highest BCUT2D eigenvalue weighted by molar-refractivity contribution is 5.90. The lowest BCUT2D eigenvalue weighted by Crippen LogP contribution is -2.63. The number of carbonyl (C=O) groups excluding carboxylic acids is 4. The molecule has 6 N–H and O–H groups in total. The van der Waals surface area contributed by atoms with Crippen LogP contribution in [-0.2, 0) is 45.2 Å². The zero-order valence-corrected chi connectivity index (χ0v) is 31.4. The molecule has 11 heteroatoms. The zero-order valence-electron chi connectivity index (χ0n) is 31.4. The van der Waals surface area contributed by atoms with E-state index in [-0.39, 0.29) is 43.9 Å². The summed E-state index contributed by atoms with van der Waals surface area (Å²) in [5, 5.41) is 26.7. The highest BCUT2D eigenvalue weighted by atomic mass is 16.5. The van der Waals surface area contributed by atoms with Gasteiger partial charge in [0.15, 0.2) is 0 Å². The Labute approximate surface area is 318 Å². The molecular formula is C43H53N5O6. The fourth-order valence-electron chi connectivity index (χ4n) is 5.92. The Hall–Kier alpha value is -5.52. The summed E-state index contributed by atoms with van der Waals surface area (Å²) in [7, 11) is 0. The first-order valence-corrected chi connectivity index (χ1v) is 18.4. The van der Waals surface area contributed by atoms with Gasteiger partial charge in [0.1, 0.15) is 24.7 Å². The minimum absolute atomic E-state index is 0.0278. The molecule has 0 aliphatic carbocycles. The fourth-order valence-corrected chi connectivity index (χ4v) is 5.92. The third kappa shape index (κ3) is 13.2. The summed E-state index contributed by atoms with van der Waals surface area (Å²) < 4.78 is 5.39. The van der Waals surface area contributed by atoms with Gasteiger partial charge < -0.3 is 31.1 Å². The molecule has 0 saturated heterocycles. The normalized spacial score (nSPS) is 13.9. The number of aliphatic hydroxyl groups excluding tert-OH is 1. The molecule has 0 aliphatic rings. The molecule has 4 rings (SSSR count). The molecule has 54 heavy (non-hydrogen) atoms. The number of alkyl carbamates (subject to hydrolysis) is 1. The SMILES string of the molecule is CC(C)[C@H](NC(=O)OCc1ccccc1)C(=O)N[C@@H](Cc1ccccc1)[C@H](O)[C@@H](NCc1ccccc1)C(=O)N[C@H](C(=O)NCc1ccccc1)C(C)C. The smallest absolute Gasteiger partial charge is 0.408 e. The first kappa shape index (κ1) is 41.2. The molecule has 4 aromatic rings. The van der Waals surface area contributed by atoms with Crippen molar-refractivity contribution in [3.05, 3.63) is 144 Å². The van der Waals surface area contributed by atoms with E-state index < -0.39 is 48.2 Å². The van der Waals surface area contributed by atoms with Crippen LogP contribution in [0.4, 0.5) is 4.79 Å². The maximum atomic E-state index is 14.2. The largest absolute Gasteiger partial charge is 0.445 e. The maximum Gasteiger partial charge on any atom is 0.408 e. The number of rotatable bonds is 19. The molecule has 0 heterocycles. The van der Waals surface area contributed by atoms with Crippen molar-refractivity contribution in [2.75, 3.05) is 0 Å². The highest BCUT2D eigenvalue weighted by Gasteiger charge is 2.38. The molecule has 0 fully saturated rings. The third-order valence-electron chi connectivity index (χ3n) is 9.02. The van der Waals surface area contributed by atoms with Crippen LogP contribution in [0.3, 0.4) is 0 Å². The van der Waals surface area contributed by atoms with Crippen molar-refractivity contribution >= 4 is 23.8 Å². The van der Waals surface area contributed by atoms with Gasteiger partial charge in [0.2, 0.25) is 17.7 Å². The Bertz CT molecular complexity index is 1740. The monoisotopic (exact) mass is 735 g/mol. The number of aliphatic hydroxyl groups is 1. The maximum absolute atomic E-state index is 14.2. The van der Waals surface area contributed by atoms with Gasteiger partial charge in [-0.15, -0.1) is 0 Å². The molecule has 4 aromatic carbocycles. The minimum Gasteiger partial charge on any atom is -0.445 e. The summed E-state index contributed by atoms with van der Waals surface area (Å²) in [5.74, 6) is -2.15. The third-order valence-corrected chi connectivity index (χ3v) is 9.02. The minimum atomic E-state index is -1.48. The quantitative estimate of drug-likeness (QED) is 0.0819. The number of carbonyl (C=O) groups is 4. The number of benzene rings is 4. The number of amides is 4. The van der Waals surface area contributed by atoms with Gasteiger partial charge in [-0.05, 0) is 40.5 Å². The molecule has 0 aliphatic heterocycles. The Morgan fingerprint density at radius 1 is 0.537 bits per heavy atom. The molecular weight excluding hydrogens is 683 g/mol. The number of hydrogen-bond acceptors (Lipinski definition) is 7. The van der Waals surface area contributed by atoms with Gasteiger partial charge in [0, 0.05) is 13.1 Å².